The number of nitro groups is 1. The predicted octanol–water partition coefficient (Wildman–Crippen LogP) is 3.62. The number of carbonyl (C=O) groups is 1. The number of benzene rings is 1. The van der Waals surface area contributed by atoms with Gasteiger partial charge in [-0.2, -0.15) is 0 Å². The van der Waals surface area contributed by atoms with E-state index >= 15 is 0 Å². The van der Waals surface area contributed by atoms with Crippen molar-refractivity contribution in [2.45, 2.75) is 44.6 Å². The molecule has 0 fully saturated rings. The lowest BCUT2D eigenvalue weighted by Crippen LogP contribution is -2.28. The first-order chi connectivity index (χ1) is 10.8. The van der Waals surface area contributed by atoms with Crippen molar-refractivity contribution >= 4 is 35.8 Å². The van der Waals surface area contributed by atoms with Gasteiger partial charge in [0.25, 0.3) is 11.6 Å². The Labute approximate surface area is 153 Å². The van der Waals surface area contributed by atoms with Gasteiger partial charge in [-0.3, -0.25) is 14.9 Å². The number of amides is 1. The van der Waals surface area contributed by atoms with Crippen LogP contribution in [0.2, 0.25) is 0 Å². The normalized spacial score (nSPS) is 11.7. The van der Waals surface area contributed by atoms with Crippen molar-refractivity contribution in [3.63, 3.8) is 0 Å². The molecule has 0 saturated heterocycles. The summed E-state index contributed by atoms with van der Waals surface area (Å²) in [7, 11) is 0. The van der Waals surface area contributed by atoms with Crippen LogP contribution in [0.25, 0.3) is 0 Å². The van der Waals surface area contributed by atoms with Gasteiger partial charge in [-0.25, -0.2) is 0 Å². The highest BCUT2D eigenvalue weighted by atomic mass is 35.5. The number of nitro benzene ring substituents is 1. The SMILES string of the molecule is CC(C)CCSc1ccc(C(=O)NCCC(C)N)cc1[N+](=O)[O-].Cl. The smallest absolute Gasteiger partial charge is 0.283 e. The van der Waals surface area contributed by atoms with Crippen LogP contribution in [0.15, 0.2) is 23.1 Å². The third-order valence-electron chi connectivity index (χ3n) is 3.26. The van der Waals surface area contributed by atoms with E-state index in [1.165, 1.54) is 17.8 Å². The summed E-state index contributed by atoms with van der Waals surface area (Å²) in [6, 6.07) is 4.64. The molecule has 0 heterocycles. The fourth-order valence-electron chi connectivity index (χ4n) is 1.84. The number of nitrogens with one attached hydrogen (secondary N) is 1. The van der Waals surface area contributed by atoms with E-state index in [9.17, 15) is 14.9 Å². The van der Waals surface area contributed by atoms with E-state index in [1.54, 1.807) is 12.1 Å². The van der Waals surface area contributed by atoms with Crippen LogP contribution in [0.1, 0.15) is 44.0 Å². The molecule has 6 nitrogen and oxygen atoms in total. The number of nitrogens with two attached hydrogens (primary N) is 1. The van der Waals surface area contributed by atoms with E-state index in [-0.39, 0.29) is 30.0 Å². The Kier molecular flexibility index (Phi) is 10.7. The Morgan fingerprint density at radius 3 is 2.54 bits per heavy atom. The topological polar surface area (TPSA) is 98.3 Å². The number of halogens is 1. The van der Waals surface area contributed by atoms with Crippen LogP contribution < -0.4 is 11.1 Å². The Bertz CT molecular complexity index is 553. The van der Waals surface area contributed by atoms with Crippen molar-refractivity contribution in [1.82, 2.24) is 5.32 Å². The molecule has 0 saturated carbocycles. The highest BCUT2D eigenvalue weighted by Crippen LogP contribution is 2.31. The van der Waals surface area contributed by atoms with Crippen molar-refractivity contribution in [3.8, 4) is 0 Å². The lowest BCUT2D eigenvalue weighted by Gasteiger charge is -2.09. The molecule has 1 amide bonds. The van der Waals surface area contributed by atoms with E-state index in [0.717, 1.165) is 12.2 Å². The zero-order valence-electron chi connectivity index (χ0n) is 14.3. The van der Waals surface area contributed by atoms with Crippen LogP contribution in [0.3, 0.4) is 0 Å². The molecule has 1 rings (SSSR count). The van der Waals surface area contributed by atoms with Gasteiger partial charge in [0.1, 0.15) is 0 Å². The second-order valence-corrected chi connectivity index (χ2v) is 7.13. The highest BCUT2D eigenvalue weighted by molar-refractivity contribution is 7.99. The molecule has 0 aliphatic rings. The minimum absolute atomic E-state index is 0. The summed E-state index contributed by atoms with van der Waals surface area (Å²) in [5, 5.41) is 14.0. The first-order valence-corrected chi connectivity index (χ1v) is 8.74. The number of carbonyl (C=O) groups excluding carboxylic acids is 1. The maximum Gasteiger partial charge on any atom is 0.283 e. The zero-order valence-corrected chi connectivity index (χ0v) is 15.9. The number of hydrogen-bond acceptors (Lipinski definition) is 5. The monoisotopic (exact) mass is 375 g/mol. The average Bonchev–Trinajstić information content (AvgIpc) is 2.46. The summed E-state index contributed by atoms with van der Waals surface area (Å²) in [5.41, 5.74) is 5.91. The summed E-state index contributed by atoms with van der Waals surface area (Å²) >= 11 is 1.46. The molecule has 0 bridgehead atoms. The fraction of sp³-hybridized carbons (Fsp3) is 0.562. The molecule has 0 spiro atoms. The molecule has 0 aliphatic carbocycles. The molecule has 1 aromatic rings. The number of thioether (sulfide) groups is 1. The first-order valence-electron chi connectivity index (χ1n) is 7.76. The molecule has 1 atom stereocenters. The van der Waals surface area contributed by atoms with Gasteiger partial charge in [0, 0.05) is 24.2 Å². The summed E-state index contributed by atoms with van der Waals surface area (Å²) in [6.07, 6.45) is 1.65. The lowest BCUT2D eigenvalue weighted by molar-refractivity contribution is -0.387. The molecule has 136 valence electrons. The molecule has 0 radical (unpaired) electrons. The largest absolute Gasteiger partial charge is 0.352 e. The molecular weight excluding hydrogens is 350 g/mol. The average molecular weight is 376 g/mol. The van der Waals surface area contributed by atoms with Crippen molar-refractivity contribution in [2.75, 3.05) is 12.3 Å². The van der Waals surface area contributed by atoms with Gasteiger partial charge in [-0.1, -0.05) is 13.8 Å². The molecule has 3 N–H and O–H groups in total. The van der Waals surface area contributed by atoms with Gasteiger partial charge >= 0.3 is 0 Å². The predicted molar refractivity (Wildman–Crippen MR) is 101 cm³/mol. The summed E-state index contributed by atoms with van der Waals surface area (Å²) in [5.74, 6) is 1.06. The maximum atomic E-state index is 12.0. The van der Waals surface area contributed by atoms with Crippen LogP contribution in [0, 0.1) is 16.0 Å². The molecule has 0 aromatic heterocycles. The third kappa shape index (κ3) is 7.99. The lowest BCUT2D eigenvalue weighted by atomic mass is 10.2. The van der Waals surface area contributed by atoms with E-state index < -0.39 is 4.92 Å². The Morgan fingerprint density at radius 2 is 2.00 bits per heavy atom. The number of rotatable bonds is 9. The summed E-state index contributed by atoms with van der Waals surface area (Å²) in [6.45, 7) is 6.55. The summed E-state index contributed by atoms with van der Waals surface area (Å²) < 4.78 is 0. The molecule has 1 unspecified atom stereocenters. The molecule has 0 aliphatic heterocycles. The molecule has 8 heteroatoms. The van der Waals surface area contributed by atoms with Crippen LogP contribution >= 0.6 is 24.2 Å². The minimum atomic E-state index is -0.434. The van der Waals surface area contributed by atoms with Gasteiger partial charge in [0.05, 0.1) is 9.82 Å². The van der Waals surface area contributed by atoms with Crippen LogP contribution in [-0.4, -0.2) is 29.2 Å². The zero-order chi connectivity index (χ0) is 17.4. The van der Waals surface area contributed by atoms with Crippen molar-refractivity contribution < 1.29 is 9.72 Å². The van der Waals surface area contributed by atoms with Gasteiger partial charge in [0.2, 0.25) is 0 Å². The Hall–Kier alpha value is -1.31. The van der Waals surface area contributed by atoms with Crippen molar-refractivity contribution in [3.05, 3.63) is 33.9 Å². The quantitative estimate of drug-likeness (QED) is 0.390. The van der Waals surface area contributed by atoms with Gasteiger partial charge in [0.15, 0.2) is 0 Å². The van der Waals surface area contributed by atoms with E-state index in [0.29, 0.717) is 29.3 Å². The first kappa shape index (κ1) is 22.7. The van der Waals surface area contributed by atoms with Gasteiger partial charge in [-0.05, 0) is 43.6 Å². The van der Waals surface area contributed by atoms with E-state index in [1.807, 2.05) is 6.92 Å². The molecule has 1 aromatic carbocycles. The minimum Gasteiger partial charge on any atom is -0.352 e. The maximum absolute atomic E-state index is 12.0. The standard InChI is InChI=1S/C16H25N3O3S.ClH/c1-11(2)7-9-23-15-5-4-13(10-14(15)19(21)22)16(20)18-8-6-12(3)17;/h4-5,10-12H,6-9,17H2,1-3H3,(H,18,20);1H. The van der Waals surface area contributed by atoms with E-state index in [2.05, 4.69) is 19.2 Å². The Morgan fingerprint density at radius 1 is 1.33 bits per heavy atom. The third-order valence-corrected chi connectivity index (χ3v) is 4.35. The highest BCUT2D eigenvalue weighted by Gasteiger charge is 2.18. The Balaban J connectivity index is 0.00000529. The second kappa shape index (κ2) is 11.3. The van der Waals surface area contributed by atoms with Gasteiger partial charge in [-0.15, -0.1) is 24.2 Å². The molecule has 24 heavy (non-hydrogen) atoms. The number of hydrogen-bond donors (Lipinski definition) is 2. The molecular formula is C16H26ClN3O3S. The van der Waals surface area contributed by atoms with Crippen LogP contribution in [0.5, 0.6) is 0 Å². The summed E-state index contributed by atoms with van der Waals surface area (Å²) in [4.78, 5) is 23.4. The number of nitrogens with zero attached hydrogens (tertiary/aromatic N) is 1. The van der Waals surface area contributed by atoms with Crippen LogP contribution in [-0.2, 0) is 0 Å². The van der Waals surface area contributed by atoms with E-state index in [4.69, 9.17) is 5.73 Å². The van der Waals surface area contributed by atoms with Crippen molar-refractivity contribution in [2.24, 2.45) is 11.7 Å². The van der Waals surface area contributed by atoms with Gasteiger partial charge < -0.3 is 11.1 Å². The van der Waals surface area contributed by atoms with Crippen LogP contribution in [0.4, 0.5) is 5.69 Å². The fourth-order valence-corrected chi connectivity index (χ4v) is 3.10. The van der Waals surface area contributed by atoms with Crippen molar-refractivity contribution in [1.29, 1.82) is 0 Å². The second-order valence-electron chi connectivity index (χ2n) is 5.99.